The van der Waals surface area contributed by atoms with Crippen LogP contribution in [-0.4, -0.2) is 20.5 Å². The summed E-state index contributed by atoms with van der Waals surface area (Å²) in [5.74, 6) is 0. The molecule has 0 aliphatic heterocycles. The molecule has 0 amide bonds. The van der Waals surface area contributed by atoms with Gasteiger partial charge in [-0.05, 0) is 41.5 Å². The van der Waals surface area contributed by atoms with Crippen LogP contribution in [-0.2, 0) is 18.0 Å². The average molecular weight is 274 g/mol. The van der Waals surface area contributed by atoms with Crippen molar-refractivity contribution in [2.75, 3.05) is 0 Å². The van der Waals surface area contributed by atoms with E-state index in [1.807, 2.05) is 0 Å². The van der Waals surface area contributed by atoms with Gasteiger partial charge in [-0.1, -0.05) is 0 Å². The van der Waals surface area contributed by atoms with Gasteiger partial charge in [0.25, 0.3) is 0 Å². The first-order valence-corrected chi connectivity index (χ1v) is 7.81. The molecule has 0 aromatic carbocycles. The Labute approximate surface area is 96.1 Å². The lowest BCUT2D eigenvalue weighted by Crippen LogP contribution is -2.20. The molecule has 0 aliphatic rings. The van der Waals surface area contributed by atoms with Gasteiger partial charge in [-0.2, -0.15) is 0 Å². The van der Waals surface area contributed by atoms with Crippen molar-refractivity contribution < 1.29 is 27.8 Å². The van der Waals surface area contributed by atoms with Crippen molar-refractivity contribution in [1.29, 1.82) is 0 Å². The highest BCUT2D eigenvalue weighted by atomic mass is 31.3. The summed E-state index contributed by atoms with van der Waals surface area (Å²) in [6.45, 7) is 8.93. The molecular weight excluding hydrogens is 254 g/mol. The van der Waals surface area contributed by atoms with Crippen molar-refractivity contribution in [3.05, 3.63) is 0 Å². The van der Waals surface area contributed by atoms with Gasteiger partial charge in [0.05, 0.1) is 10.8 Å². The normalized spacial score (nSPS) is 21.2. The van der Waals surface area contributed by atoms with E-state index in [2.05, 4.69) is 4.31 Å². The van der Waals surface area contributed by atoms with Crippen molar-refractivity contribution in [1.82, 2.24) is 0 Å². The highest BCUT2D eigenvalue weighted by Crippen LogP contribution is 2.66. The highest BCUT2D eigenvalue weighted by molar-refractivity contribution is 7.65. The van der Waals surface area contributed by atoms with Crippen LogP contribution in [0.5, 0.6) is 0 Å². The number of rotatable bonds is 3. The molecule has 0 aromatic heterocycles. The van der Waals surface area contributed by atoms with Gasteiger partial charge in [-0.15, -0.1) is 0 Å². The lowest BCUT2D eigenvalue weighted by Gasteiger charge is -2.29. The van der Waals surface area contributed by atoms with Crippen molar-refractivity contribution in [3.63, 3.8) is 0 Å². The van der Waals surface area contributed by atoms with Crippen molar-refractivity contribution in [2.45, 2.75) is 52.3 Å². The minimum Gasteiger partial charge on any atom is -0.324 e. The van der Waals surface area contributed by atoms with Crippen LogP contribution in [0.4, 0.5) is 0 Å². The van der Waals surface area contributed by atoms with Crippen LogP contribution in [0.25, 0.3) is 0 Å². The van der Waals surface area contributed by atoms with E-state index < -0.39 is 26.2 Å². The van der Waals surface area contributed by atoms with Gasteiger partial charge < -0.3 is 9.79 Å². The molecule has 8 heteroatoms. The number of hydrogen-bond acceptors (Lipinski definition) is 4. The largest absolute Gasteiger partial charge is 0.479 e. The predicted molar refractivity (Wildman–Crippen MR) is 61.3 cm³/mol. The van der Waals surface area contributed by atoms with Crippen LogP contribution in [0.15, 0.2) is 0 Å². The Balaban J connectivity index is 4.87. The molecule has 0 aromatic rings. The summed E-state index contributed by atoms with van der Waals surface area (Å²) in [6, 6.07) is 0. The maximum atomic E-state index is 11.7. The molecular formula is C8H20O6P2. The van der Waals surface area contributed by atoms with Crippen LogP contribution in [0.1, 0.15) is 41.5 Å². The zero-order chi connectivity index (χ0) is 13.4. The Morgan fingerprint density at radius 1 is 0.938 bits per heavy atom. The molecule has 0 bridgehead atoms. The molecule has 0 saturated heterocycles. The Morgan fingerprint density at radius 2 is 1.31 bits per heavy atom. The lowest BCUT2D eigenvalue weighted by atomic mass is 10.2. The summed E-state index contributed by atoms with van der Waals surface area (Å²) in [5.41, 5.74) is -0.942. The zero-order valence-corrected chi connectivity index (χ0v) is 12.2. The molecule has 0 aliphatic carbocycles. The minimum absolute atomic E-state index is 0.942. The Kier molecular flexibility index (Phi) is 4.61. The van der Waals surface area contributed by atoms with E-state index in [0.717, 1.165) is 0 Å². The maximum absolute atomic E-state index is 11.7. The van der Waals surface area contributed by atoms with Gasteiger partial charge in [0.1, 0.15) is 0 Å². The fourth-order valence-electron chi connectivity index (χ4n) is 0.625. The fraction of sp³-hybridized carbons (Fsp3) is 1.00. The molecule has 2 atom stereocenters. The van der Waals surface area contributed by atoms with Gasteiger partial charge in [0.2, 0.25) is 0 Å². The summed E-state index contributed by atoms with van der Waals surface area (Å²) >= 11 is 0. The van der Waals surface area contributed by atoms with E-state index in [1.165, 1.54) is 20.8 Å². The van der Waals surface area contributed by atoms with Gasteiger partial charge in [0.15, 0.2) is 0 Å². The summed E-state index contributed by atoms with van der Waals surface area (Å²) in [5, 5.41) is -1.15. The summed E-state index contributed by atoms with van der Waals surface area (Å²) in [6.07, 6.45) is 0. The molecule has 0 spiro atoms. The van der Waals surface area contributed by atoms with E-state index in [4.69, 9.17) is 4.52 Å². The molecule has 0 rings (SSSR count). The standard InChI is InChI=1S/C8H20O6P2/c1-7(2,3)13-16(11,12)14-15(9,10)8(4,5)6/h1-6H3,(H,9,10)(H,11,12). The van der Waals surface area contributed by atoms with E-state index >= 15 is 0 Å². The quantitative estimate of drug-likeness (QED) is 0.768. The van der Waals surface area contributed by atoms with Gasteiger partial charge in [-0.3, -0.25) is 9.09 Å². The molecule has 0 fully saturated rings. The SMILES string of the molecule is CC(C)(C)OP(=O)(O)OP(=O)(O)C(C)(C)C. The van der Waals surface area contributed by atoms with Crippen LogP contribution >= 0.6 is 15.4 Å². The zero-order valence-electron chi connectivity index (χ0n) is 10.4. The van der Waals surface area contributed by atoms with Crippen molar-refractivity contribution in [2.24, 2.45) is 0 Å². The third kappa shape index (κ3) is 5.58. The van der Waals surface area contributed by atoms with E-state index in [0.29, 0.717) is 0 Å². The summed E-state index contributed by atoms with van der Waals surface area (Å²) in [4.78, 5) is 18.8. The number of phosphoric acid groups is 1. The van der Waals surface area contributed by atoms with Gasteiger partial charge >= 0.3 is 15.4 Å². The van der Waals surface area contributed by atoms with E-state index in [1.54, 1.807) is 20.8 Å². The Hall–Kier alpha value is 0.300. The second kappa shape index (κ2) is 4.52. The molecule has 16 heavy (non-hydrogen) atoms. The van der Waals surface area contributed by atoms with Gasteiger partial charge in [0, 0.05) is 0 Å². The molecule has 0 heterocycles. The first-order chi connectivity index (χ1) is 6.66. The third-order valence-corrected chi connectivity index (χ3v) is 5.64. The number of hydrogen-bond donors (Lipinski definition) is 2. The van der Waals surface area contributed by atoms with Crippen LogP contribution in [0.3, 0.4) is 0 Å². The molecule has 0 radical (unpaired) electrons. The van der Waals surface area contributed by atoms with Crippen LogP contribution < -0.4 is 0 Å². The maximum Gasteiger partial charge on any atom is 0.479 e. The van der Waals surface area contributed by atoms with Crippen molar-refractivity contribution in [3.8, 4) is 0 Å². The van der Waals surface area contributed by atoms with Gasteiger partial charge in [-0.25, -0.2) is 8.88 Å². The number of phosphoric ester groups is 1. The van der Waals surface area contributed by atoms with E-state index in [9.17, 15) is 18.9 Å². The first-order valence-electron chi connectivity index (χ1n) is 4.74. The molecule has 6 nitrogen and oxygen atoms in total. The van der Waals surface area contributed by atoms with E-state index in [-0.39, 0.29) is 0 Å². The lowest BCUT2D eigenvalue weighted by molar-refractivity contribution is 0.0819. The highest BCUT2D eigenvalue weighted by Gasteiger charge is 2.44. The molecule has 0 saturated carbocycles. The fourth-order valence-corrected chi connectivity index (χ4v) is 3.55. The topological polar surface area (TPSA) is 93.1 Å². The molecule has 2 N–H and O–H groups in total. The summed E-state index contributed by atoms with van der Waals surface area (Å²) < 4.78 is 32.2. The Bertz CT molecular complexity index is 337. The third-order valence-electron chi connectivity index (χ3n) is 1.45. The predicted octanol–water partition coefficient (Wildman–Crippen LogP) is 2.90. The van der Waals surface area contributed by atoms with Crippen molar-refractivity contribution >= 4 is 15.4 Å². The first kappa shape index (κ1) is 16.3. The second-order valence-electron chi connectivity index (χ2n) is 5.45. The monoisotopic (exact) mass is 274 g/mol. The summed E-state index contributed by atoms with van der Waals surface area (Å²) in [7, 11) is -8.77. The van der Waals surface area contributed by atoms with Crippen LogP contribution in [0.2, 0.25) is 0 Å². The molecule has 2 unspecified atom stereocenters. The smallest absolute Gasteiger partial charge is 0.324 e. The second-order valence-corrected chi connectivity index (χ2v) is 9.60. The molecule has 98 valence electrons. The minimum atomic E-state index is -4.55. The Morgan fingerprint density at radius 3 is 1.56 bits per heavy atom. The van der Waals surface area contributed by atoms with Crippen LogP contribution in [0, 0.1) is 0 Å². The average Bonchev–Trinajstić information content (AvgIpc) is 1.72.